The van der Waals surface area contributed by atoms with Crippen LogP contribution in [0, 0.1) is 13.8 Å². The number of carbonyl (C=O) groups excluding carboxylic acids is 2. The number of hydrogen-bond donors (Lipinski definition) is 1. The van der Waals surface area contributed by atoms with Crippen molar-refractivity contribution in [3.8, 4) is 0 Å². The molecule has 7 nitrogen and oxygen atoms in total. The zero-order valence-corrected chi connectivity index (χ0v) is 18.5. The average molecular weight is 433 g/mol. The number of benzene rings is 2. The van der Waals surface area contributed by atoms with Crippen molar-refractivity contribution < 1.29 is 14.1 Å². The number of piperazine rings is 1. The predicted molar refractivity (Wildman–Crippen MR) is 122 cm³/mol. The fraction of sp³-hybridized carbons (Fsp3) is 0.320. The number of nitrogens with one attached hydrogen (secondary N) is 1. The number of rotatable bonds is 6. The highest BCUT2D eigenvalue weighted by atomic mass is 16.5. The summed E-state index contributed by atoms with van der Waals surface area (Å²) in [6, 6.07) is 19.0. The molecule has 1 fully saturated rings. The van der Waals surface area contributed by atoms with E-state index in [1.54, 1.807) is 13.0 Å². The van der Waals surface area contributed by atoms with Crippen LogP contribution in [0.3, 0.4) is 0 Å². The molecular formula is C25H28N4O3. The van der Waals surface area contributed by atoms with Crippen molar-refractivity contribution >= 4 is 17.6 Å². The van der Waals surface area contributed by atoms with Gasteiger partial charge in [-0.2, -0.15) is 0 Å². The van der Waals surface area contributed by atoms with Crippen LogP contribution in [-0.4, -0.2) is 52.9 Å². The molecule has 1 aliphatic rings. The number of amides is 2. The SMILES string of the molecule is Cc1ccc(CC(=O)N2CCN(C(C(=O)Nc3cc(C)on3)c3ccccc3)CC2)cc1. The molecule has 0 bridgehead atoms. The van der Waals surface area contributed by atoms with Gasteiger partial charge in [0.15, 0.2) is 5.82 Å². The van der Waals surface area contributed by atoms with Gasteiger partial charge in [0.05, 0.1) is 6.42 Å². The largest absolute Gasteiger partial charge is 0.360 e. The second-order valence-electron chi connectivity index (χ2n) is 8.20. The molecule has 4 rings (SSSR count). The van der Waals surface area contributed by atoms with Gasteiger partial charge in [-0.25, -0.2) is 0 Å². The minimum atomic E-state index is -0.470. The lowest BCUT2D eigenvalue weighted by atomic mass is 10.0. The minimum absolute atomic E-state index is 0.118. The molecule has 2 amide bonds. The summed E-state index contributed by atoms with van der Waals surface area (Å²) in [6.45, 7) is 6.22. The summed E-state index contributed by atoms with van der Waals surface area (Å²) in [4.78, 5) is 30.0. The first kappa shape index (κ1) is 21.8. The van der Waals surface area contributed by atoms with Gasteiger partial charge in [-0.15, -0.1) is 0 Å². The van der Waals surface area contributed by atoms with Crippen LogP contribution < -0.4 is 5.32 Å². The summed E-state index contributed by atoms with van der Waals surface area (Å²) < 4.78 is 5.07. The van der Waals surface area contributed by atoms with Gasteiger partial charge in [-0.1, -0.05) is 65.3 Å². The van der Waals surface area contributed by atoms with Gasteiger partial charge in [0, 0.05) is 32.2 Å². The fourth-order valence-corrected chi connectivity index (χ4v) is 4.01. The van der Waals surface area contributed by atoms with Crippen LogP contribution in [0.5, 0.6) is 0 Å². The van der Waals surface area contributed by atoms with Crippen molar-refractivity contribution in [1.82, 2.24) is 15.0 Å². The van der Waals surface area contributed by atoms with Crippen LogP contribution in [0.15, 0.2) is 65.2 Å². The summed E-state index contributed by atoms with van der Waals surface area (Å²) in [6.07, 6.45) is 0.397. The molecule has 32 heavy (non-hydrogen) atoms. The third-order valence-electron chi connectivity index (χ3n) is 5.75. The molecule has 0 radical (unpaired) electrons. The molecule has 1 aromatic heterocycles. The maximum Gasteiger partial charge on any atom is 0.247 e. The fourth-order valence-electron chi connectivity index (χ4n) is 4.01. The standard InChI is InChI=1S/C25H28N4O3/c1-18-8-10-20(11-9-18)17-23(30)28-12-14-29(15-13-28)24(21-6-4-3-5-7-21)25(31)26-22-16-19(2)32-27-22/h3-11,16,24H,12-15,17H2,1-2H3,(H,26,27,31). The molecular weight excluding hydrogens is 404 g/mol. The topological polar surface area (TPSA) is 78.7 Å². The van der Waals surface area contributed by atoms with Crippen LogP contribution in [0.4, 0.5) is 5.82 Å². The van der Waals surface area contributed by atoms with Crippen molar-refractivity contribution in [2.45, 2.75) is 26.3 Å². The third-order valence-corrected chi connectivity index (χ3v) is 5.75. The molecule has 1 atom stereocenters. The summed E-state index contributed by atoms with van der Waals surface area (Å²) >= 11 is 0. The monoisotopic (exact) mass is 432 g/mol. The van der Waals surface area contributed by atoms with E-state index in [1.165, 1.54) is 5.56 Å². The normalized spacial score (nSPS) is 15.4. The summed E-state index contributed by atoms with van der Waals surface area (Å²) in [5, 5.41) is 6.74. The molecule has 2 heterocycles. The van der Waals surface area contributed by atoms with Crippen LogP contribution in [0.1, 0.15) is 28.5 Å². The molecule has 0 spiro atoms. The van der Waals surface area contributed by atoms with Crippen molar-refractivity contribution in [3.05, 3.63) is 83.1 Å². The van der Waals surface area contributed by atoms with Crippen molar-refractivity contribution in [3.63, 3.8) is 0 Å². The van der Waals surface area contributed by atoms with Gasteiger partial charge in [0.25, 0.3) is 0 Å². The zero-order chi connectivity index (χ0) is 22.5. The highest BCUT2D eigenvalue weighted by Gasteiger charge is 2.32. The van der Waals surface area contributed by atoms with E-state index in [0.717, 1.165) is 11.1 Å². The lowest BCUT2D eigenvalue weighted by molar-refractivity contribution is -0.133. The maximum absolute atomic E-state index is 13.2. The molecule has 7 heteroatoms. The molecule has 1 unspecified atom stereocenters. The number of aryl methyl sites for hydroxylation is 2. The zero-order valence-electron chi connectivity index (χ0n) is 18.5. The lowest BCUT2D eigenvalue weighted by Crippen LogP contribution is -2.52. The van der Waals surface area contributed by atoms with E-state index in [4.69, 9.17) is 4.52 Å². The molecule has 2 aromatic carbocycles. The Kier molecular flexibility index (Phi) is 6.66. The Morgan fingerprint density at radius 1 is 1.00 bits per heavy atom. The van der Waals surface area contributed by atoms with Crippen LogP contribution in [0.2, 0.25) is 0 Å². The highest BCUT2D eigenvalue weighted by molar-refractivity contribution is 5.94. The van der Waals surface area contributed by atoms with E-state index in [0.29, 0.717) is 44.2 Å². The van der Waals surface area contributed by atoms with Crippen molar-refractivity contribution in [2.75, 3.05) is 31.5 Å². The molecule has 1 N–H and O–H groups in total. The Morgan fingerprint density at radius 2 is 1.69 bits per heavy atom. The van der Waals surface area contributed by atoms with E-state index < -0.39 is 6.04 Å². The van der Waals surface area contributed by atoms with E-state index in [1.807, 2.05) is 66.4 Å². The first-order valence-corrected chi connectivity index (χ1v) is 10.9. The molecule has 0 aliphatic carbocycles. The Morgan fingerprint density at radius 3 is 2.31 bits per heavy atom. The molecule has 166 valence electrons. The highest BCUT2D eigenvalue weighted by Crippen LogP contribution is 2.24. The van der Waals surface area contributed by atoms with E-state index in [-0.39, 0.29) is 11.8 Å². The first-order valence-electron chi connectivity index (χ1n) is 10.9. The van der Waals surface area contributed by atoms with Gasteiger partial charge in [0.2, 0.25) is 11.8 Å². The predicted octanol–water partition coefficient (Wildman–Crippen LogP) is 3.36. The van der Waals surface area contributed by atoms with Gasteiger partial charge in [0.1, 0.15) is 11.8 Å². The Balaban J connectivity index is 1.42. The van der Waals surface area contributed by atoms with Gasteiger partial charge >= 0.3 is 0 Å². The minimum Gasteiger partial charge on any atom is -0.360 e. The summed E-state index contributed by atoms with van der Waals surface area (Å²) in [5.74, 6) is 0.994. The Labute approximate surface area is 188 Å². The van der Waals surface area contributed by atoms with E-state index in [9.17, 15) is 9.59 Å². The van der Waals surface area contributed by atoms with E-state index >= 15 is 0 Å². The second kappa shape index (κ2) is 9.78. The summed E-state index contributed by atoms with van der Waals surface area (Å²) in [7, 11) is 0. The Bertz CT molecular complexity index is 1050. The Hall–Kier alpha value is -3.45. The number of nitrogens with zero attached hydrogens (tertiary/aromatic N) is 3. The smallest absolute Gasteiger partial charge is 0.247 e. The summed E-state index contributed by atoms with van der Waals surface area (Å²) in [5.41, 5.74) is 3.11. The van der Waals surface area contributed by atoms with E-state index in [2.05, 4.69) is 15.4 Å². The first-order chi connectivity index (χ1) is 15.5. The molecule has 1 saturated heterocycles. The molecule has 1 aliphatic heterocycles. The number of anilines is 1. The van der Waals surface area contributed by atoms with Crippen LogP contribution in [-0.2, 0) is 16.0 Å². The average Bonchev–Trinajstić information content (AvgIpc) is 3.21. The van der Waals surface area contributed by atoms with Crippen molar-refractivity contribution in [1.29, 1.82) is 0 Å². The quantitative estimate of drug-likeness (QED) is 0.646. The van der Waals surface area contributed by atoms with Gasteiger partial charge < -0.3 is 14.7 Å². The van der Waals surface area contributed by atoms with Gasteiger partial charge in [-0.3, -0.25) is 14.5 Å². The van der Waals surface area contributed by atoms with Gasteiger partial charge in [-0.05, 0) is 25.0 Å². The van der Waals surface area contributed by atoms with Crippen LogP contribution in [0.25, 0.3) is 0 Å². The number of carbonyl (C=O) groups is 2. The third kappa shape index (κ3) is 5.23. The maximum atomic E-state index is 13.2. The van der Waals surface area contributed by atoms with Crippen molar-refractivity contribution in [2.24, 2.45) is 0 Å². The van der Waals surface area contributed by atoms with Crippen LogP contribution >= 0.6 is 0 Å². The molecule has 3 aromatic rings. The number of aromatic nitrogens is 1. The molecule has 0 saturated carbocycles. The lowest BCUT2D eigenvalue weighted by Gasteiger charge is -2.38. The second-order valence-corrected chi connectivity index (χ2v) is 8.20. The number of hydrogen-bond acceptors (Lipinski definition) is 5.